The Kier molecular flexibility index (Phi) is 3.55. The van der Waals surface area contributed by atoms with E-state index in [1.165, 1.54) is 38.8 Å². The maximum atomic E-state index is 4.48. The van der Waals surface area contributed by atoms with Crippen LogP contribution in [-0.4, -0.2) is 47.1 Å². The molecule has 0 amide bonds. The number of piperidine rings is 1. The highest BCUT2D eigenvalue weighted by Crippen LogP contribution is 2.28. The van der Waals surface area contributed by atoms with Gasteiger partial charge in [0.05, 0.1) is 0 Å². The first kappa shape index (κ1) is 12.7. The highest BCUT2D eigenvalue weighted by Gasteiger charge is 2.31. The Hall–Kier alpha value is -1.36. The molecule has 104 valence electrons. The van der Waals surface area contributed by atoms with E-state index in [2.05, 4.69) is 25.5 Å². The monoisotopic (exact) mass is 261 g/mol. The molecule has 0 aromatic carbocycles. The van der Waals surface area contributed by atoms with E-state index in [9.17, 15) is 0 Å². The molecule has 0 spiro atoms. The average molecular weight is 261 g/mol. The summed E-state index contributed by atoms with van der Waals surface area (Å²) < 4.78 is 0. The second-order valence-electron chi connectivity index (χ2n) is 5.67. The quantitative estimate of drug-likeness (QED) is 0.870. The van der Waals surface area contributed by atoms with E-state index in [0.717, 1.165) is 17.6 Å². The molecule has 2 unspecified atom stereocenters. The van der Waals surface area contributed by atoms with E-state index < -0.39 is 0 Å². The smallest absolute Gasteiger partial charge is 0.224 e. The van der Waals surface area contributed by atoms with E-state index >= 15 is 0 Å². The molecule has 0 bridgehead atoms. The molecule has 2 atom stereocenters. The molecule has 19 heavy (non-hydrogen) atoms. The lowest BCUT2D eigenvalue weighted by molar-refractivity contribution is 0.188. The summed E-state index contributed by atoms with van der Waals surface area (Å²) in [6, 6.07) is 3.37. The van der Waals surface area contributed by atoms with Crippen LogP contribution in [0.3, 0.4) is 0 Å². The van der Waals surface area contributed by atoms with Crippen LogP contribution in [0.2, 0.25) is 0 Å². The summed E-state index contributed by atoms with van der Waals surface area (Å²) >= 11 is 0. The number of rotatable bonds is 3. The Morgan fingerprint density at radius 3 is 3.00 bits per heavy atom. The first-order valence-corrected chi connectivity index (χ1v) is 7.28. The van der Waals surface area contributed by atoms with Crippen LogP contribution in [0.4, 0.5) is 11.8 Å². The Labute approximate surface area is 114 Å². The molecular formula is C14H23N5. The van der Waals surface area contributed by atoms with Gasteiger partial charge in [-0.2, -0.15) is 4.98 Å². The summed E-state index contributed by atoms with van der Waals surface area (Å²) in [6.07, 6.45) is 5.20. The topological polar surface area (TPSA) is 53.1 Å². The van der Waals surface area contributed by atoms with Gasteiger partial charge in [0.2, 0.25) is 5.95 Å². The van der Waals surface area contributed by atoms with Gasteiger partial charge in [-0.05, 0) is 39.2 Å². The van der Waals surface area contributed by atoms with Gasteiger partial charge in [-0.25, -0.2) is 4.98 Å². The molecule has 2 fully saturated rings. The van der Waals surface area contributed by atoms with Gasteiger partial charge in [0, 0.05) is 37.4 Å². The second-order valence-corrected chi connectivity index (χ2v) is 5.67. The minimum atomic E-state index is 0.554. The molecule has 3 rings (SSSR count). The Balaban J connectivity index is 1.66. The van der Waals surface area contributed by atoms with Crippen LogP contribution in [-0.2, 0) is 0 Å². The van der Waals surface area contributed by atoms with Crippen molar-refractivity contribution >= 4 is 11.8 Å². The molecule has 1 aromatic rings. The molecule has 0 saturated carbocycles. The van der Waals surface area contributed by atoms with Crippen molar-refractivity contribution in [3.8, 4) is 0 Å². The van der Waals surface area contributed by atoms with Crippen LogP contribution in [0.25, 0.3) is 0 Å². The Bertz CT molecular complexity index is 447. The fraction of sp³-hybridized carbons (Fsp3) is 0.714. The van der Waals surface area contributed by atoms with Crippen molar-refractivity contribution in [1.29, 1.82) is 0 Å². The second kappa shape index (κ2) is 5.33. The summed E-state index contributed by atoms with van der Waals surface area (Å²) in [7, 11) is 1.86. The lowest BCUT2D eigenvalue weighted by Gasteiger charge is -2.35. The molecule has 5 nitrogen and oxygen atoms in total. The number of hydrogen-bond donors (Lipinski definition) is 2. The summed E-state index contributed by atoms with van der Waals surface area (Å²) in [5, 5.41) is 6.60. The van der Waals surface area contributed by atoms with Crippen LogP contribution in [0.15, 0.2) is 6.07 Å². The fourth-order valence-corrected chi connectivity index (χ4v) is 3.32. The molecule has 0 aliphatic carbocycles. The molecule has 2 saturated heterocycles. The number of fused-ring (bicyclic) bond motifs is 1. The maximum absolute atomic E-state index is 4.48. The van der Waals surface area contributed by atoms with Crippen molar-refractivity contribution < 1.29 is 0 Å². The number of nitrogens with one attached hydrogen (secondary N) is 2. The van der Waals surface area contributed by atoms with Gasteiger partial charge in [-0.3, -0.25) is 0 Å². The van der Waals surface area contributed by atoms with E-state index in [1.807, 2.05) is 20.0 Å². The minimum Gasteiger partial charge on any atom is -0.367 e. The summed E-state index contributed by atoms with van der Waals surface area (Å²) in [5.41, 5.74) is 1.00. The minimum absolute atomic E-state index is 0.554. The Morgan fingerprint density at radius 1 is 1.26 bits per heavy atom. The predicted molar refractivity (Wildman–Crippen MR) is 77.6 cm³/mol. The van der Waals surface area contributed by atoms with Crippen LogP contribution in [0.1, 0.15) is 31.4 Å². The van der Waals surface area contributed by atoms with Crippen molar-refractivity contribution in [3.63, 3.8) is 0 Å². The molecule has 2 aliphatic heterocycles. The maximum Gasteiger partial charge on any atom is 0.224 e. The van der Waals surface area contributed by atoms with Crippen molar-refractivity contribution in [1.82, 2.24) is 14.9 Å². The van der Waals surface area contributed by atoms with E-state index in [1.54, 1.807) is 0 Å². The molecule has 3 heterocycles. The van der Waals surface area contributed by atoms with Gasteiger partial charge in [-0.15, -0.1) is 0 Å². The lowest BCUT2D eigenvalue weighted by Crippen LogP contribution is -2.42. The van der Waals surface area contributed by atoms with E-state index in [4.69, 9.17) is 0 Å². The SMILES string of the molecule is CNc1nc(C)cc(NC2CCN3CCCC3C2)n1. The zero-order chi connectivity index (χ0) is 13.2. The van der Waals surface area contributed by atoms with Crippen molar-refractivity contribution in [2.45, 2.75) is 44.7 Å². The largest absolute Gasteiger partial charge is 0.367 e. The van der Waals surface area contributed by atoms with Crippen LogP contribution < -0.4 is 10.6 Å². The standard InChI is InChI=1S/C14H23N5/c1-10-8-13(18-14(15-2)16-10)17-11-5-7-19-6-3-4-12(19)9-11/h8,11-12H,3-7,9H2,1-2H3,(H2,15,16,17,18). The predicted octanol–water partition coefficient (Wildman–Crippen LogP) is 1.87. The fourth-order valence-electron chi connectivity index (χ4n) is 3.32. The Morgan fingerprint density at radius 2 is 2.16 bits per heavy atom. The third-order valence-corrected chi connectivity index (χ3v) is 4.25. The van der Waals surface area contributed by atoms with Crippen LogP contribution in [0, 0.1) is 6.92 Å². The molecule has 5 heteroatoms. The van der Waals surface area contributed by atoms with Crippen molar-refractivity contribution in [2.24, 2.45) is 0 Å². The number of nitrogens with zero attached hydrogens (tertiary/aromatic N) is 3. The lowest BCUT2D eigenvalue weighted by atomic mass is 9.97. The zero-order valence-electron chi connectivity index (χ0n) is 11.8. The first-order chi connectivity index (χ1) is 9.24. The van der Waals surface area contributed by atoms with Crippen molar-refractivity contribution in [3.05, 3.63) is 11.8 Å². The number of aryl methyl sites for hydroxylation is 1. The normalized spacial score (nSPS) is 27.1. The van der Waals surface area contributed by atoms with Gasteiger partial charge >= 0.3 is 0 Å². The highest BCUT2D eigenvalue weighted by atomic mass is 15.2. The molecular weight excluding hydrogens is 238 g/mol. The molecule has 2 aliphatic rings. The van der Waals surface area contributed by atoms with Crippen molar-refractivity contribution in [2.75, 3.05) is 30.8 Å². The van der Waals surface area contributed by atoms with Crippen LogP contribution in [0.5, 0.6) is 0 Å². The van der Waals surface area contributed by atoms with Crippen LogP contribution >= 0.6 is 0 Å². The summed E-state index contributed by atoms with van der Waals surface area (Å²) in [6.45, 7) is 4.53. The third-order valence-electron chi connectivity index (χ3n) is 4.25. The molecule has 0 radical (unpaired) electrons. The molecule has 2 N–H and O–H groups in total. The highest BCUT2D eigenvalue weighted by molar-refractivity contribution is 5.42. The third kappa shape index (κ3) is 2.81. The summed E-state index contributed by atoms with van der Waals surface area (Å²) in [4.78, 5) is 11.5. The van der Waals surface area contributed by atoms with Gasteiger partial charge in [0.15, 0.2) is 0 Å². The number of hydrogen-bond acceptors (Lipinski definition) is 5. The van der Waals surface area contributed by atoms with Gasteiger partial charge in [-0.1, -0.05) is 0 Å². The molecule has 1 aromatic heterocycles. The summed E-state index contributed by atoms with van der Waals surface area (Å²) in [5.74, 6) is 1.65. The van der Waals surface area contributed by atoms with Gasteiger partial charge in [0.25, 0.3) is 0 Å². The van der Waals surface area contributed by atoms with E-state index in [-0.39, 0.29) is 0 Å². The number of aromatic nitrogens is 2. The zero-order valence-corrected chi connectivity index (χ0v) is 11.8. The first-order valence-electron chi connectivity index (χ1n) is 7.28. The van der Waals surface area contributed by atoms with E-state index in [0.29, 0.717) is 12.0 Å². The number of anilines is 2. The van der Waals surface area contributed by atoms with Gasteiger partial charge < -0.3 is 15.5 Å². The average Bonchev–Trinajstić information content (AvgIpc) is 2.85. The van der Waals surface area contributed by atoms with Gasteiger partial charge in [0.1, 0.15) is 5.82 Å².